The van der Waals surface area contributed by atoms with Crippen LogP contribution in [-0.4, -0.2) is 12.6 Å². The molecular formula is C13H27N. The Kier molecular flexibility index (Phi) is 3.63. The zero-order valence-corrected chi connectivity index (χ0v) is 10.6. The molecule has 0 aromatic carbocycles. The van der Waals surface area contributed by atoms with Gasteiger partial charge in [0.15, 0.2) is 0 Å². The van der Waals surface area contributed by atoms with Crippen LogP contribution in [0.3, 0.4) is 0 Å². The first-order valence-corrected chi connectivity index (χ1v) is 6.17. The maximum Gasteiger partial charge on any atom is 0.0121 e. The second-order valence-electron chi connectivity index (χ2n) is 6.03. The van der Waals surface area contributed by atoms with Gasteiger partial charge in [0, 0.05) is 6.04 Å². The fraction of sp³-hybridized carbons (Fsp3) is 1.00. The summed E-state index contributed by atoms with van der Waals surface area (Å²) in [6.45, 7) is 13.0. The molecule has 0 aromatic rings. The van der Waals surface area contributed by atoms with Crippen LogP contribution in [0.1, 0.15) is 60.3 Å². The predicted molar refractivity (Wildman–Crippen MR) is 63.5 cm³/mol. The van der Waals surface area contributed by atoms with Gasteiger partial charge in [0.25, 0.3) is 0 Å². The van der Waals surface area contributed by atoms with E-state index in [1.54, 1.807) is 0 Å². The number of rotatable bonds is 2. The Hall–Kier alpha value is -0.0400. The highest BCUT2D eigenvalue weighted by atomic mass is 14.9. The molecule has 1 N–H and O–H groups in total. The molecule has 0 saturated carbocycles. The van der Waals surface area contributed by atoms with Gasteiger partial charge in [-0.2, -0.15) is 0 Å². The van der Waals surface area contributed by atoms with Crippen molar-refractivity contribution in [3.63, 3.8) is 0 Å². The molecule has 1 fully saturated rings. The Balaban J connectivity index is 2.68. The summed E-state index contributed by atoms with van der Waals surface area (Å²) in [4.78, 5) is 0. The monoisotopic (exact) mass is 197 g/mol. The van der Waals surface area contributed by atoms with Crippen molar-refractivity contribution >= 4 is 0 Å². The molecule has 1 aliphatic heterocycles. The Morgan fingerprint density at radius 1 is 1.21 bits per heavy atom. The highest BCUT2D eigenvalue weighted by molar-refractivity contribution is 4.93. The lowest BCUT2D eigenvalue weighted by atomic mass is 9.67. The highest BCUT2D eigenvalue weighted by Crippen LogP contribution is 2.41. The average Bonchev–Trinajstić information content (AvgIpc) is 2.16. The number of piperidine rings is 1. The summed E-state index contributed by atoms with van der Waals surface area (Å²) in [5.74, 6) is 0. The van der Waals surface area contributed by atoms with Crippen LogP contribution < -0.4 is 5.32 Å². The van der Waals surface area contributed by atoms with Gasteiger partial charge in [-0.1, -0.05) is 47.5 Å². The van der Waals surface area contributed by atoms with Gasteiger partial charge in [-0.3, -0.25) is 0 Å². The molecule has 0 aliphatic carbocycles. The van der Waals surface area contributed by atoms with Crippen molar-refractivity contribution in [2.24, 2.45) is 10.8 Å². The number of nitrogens with one attached hydrogen (secondary N) is 1. The van der Waals surface area contributed by atoms with Crippen molar-refractivity contribution in [3.8, 4) is 0 Å². The van der Waals surface area contributed by atoms with Crippen molar-refractivity contribution in [2.75, 3.05) is 6.54 Å². The van der Waals surface area contributed by atoms with E-state index in [1.807, 2.05) is 0 Å². The zero-order chi connectivity index (χ0) is 10.8. The van der Waals surface area contributed by atoms with E-state index >= 15 is 0 Å². The Labute approximate surface area is 89.7 Å². The first kappa shape index (κ1) is 12.0. The molecule has 14 heavy (non-hydrogen) atoms. The summed E-state index contributed by atoms with van der Waals surface area (Å²) in [7, 11) is 0. The molecule has 0 amide bonds. The van der Waals surface area contributed by atoms with Gasteiger partial charge in [0.05, 0.1) is 0 Å². The maximum atomic E-state index is 3.68. The van der Waals surface area contributed by atoms with E-state index in [9.17, 15) is 0 Å². The van der Waals surface area contributed by atoms with Crippen LogP contribution in [0.25, 0.3) is 0 Å². The molecule has 1 unspecified atom stereocenters. The van der Waals surface area contributed by atoms with Crippen LogP contribution in [-0.2, 0) is 0 Å². The van der Waals surface area contributed by atoms with E-state index < -0.39 is 0 Å². The zero-order valence-electron chi connectivity index (χ0n) is 10.6. The molecule has 1 rings (SSSR count). The van der Waals surface area contributed by atoms with Crippen LogP contribution in [0.2, 0.25) is 0 Å². The molecule has 1 atom stereocenters. The Bertz CT molecular complexity index is 174. The highest BCUT2D eigenvalue weighted by Gasteiger charge is 2.37. The van der Waals surface area contributed by atoms with Gasteiger partial charge in [-0.15, -0.1) is 0 Å². The lowest BCUT2D eigenvalue weighted by Crippen LogP contribution is -2.49. The van der Waals surface area contributed by atoms with Crippen LogP contribution in [0.15, 0.2) is 0 Å². The van der Waals surface area contributed by atoms with E-state index in [2.05, 4.69) is 39.9 Å². The van der Waals surface area contributed by atoms with Gasteiger partial charge in [-0.25, -0.2) is 0 Å². The lowest BCUT2D eigenvalue weighted by Gasteiger charge is -2.45. The molecule has 0 radical (unpaired) electrons. The molecular weight excluding hydrogens is 170 g/mol. The molecule has 1 heterocycles. The fourth-order valence-corrected chi connectivity index (χ4v) is 2.62. The maximum absolute atomic E-state index is 3.68. The van der Waals surface area contributed by atoms with Crippen molar-refractivity contribution in [2.45, 2.75) is 66.3 Å². The first-order chi connectivity index (χ1) is 6.43. The quantitative estimate of drug-likeness (QED) is 0.713. The third kappa shape index (κ3) is 2.50. The minimum absolute atomic E-state index is 0.413. The van der Waals surface area contributed by atoms with Gasteiger partial charge in [-0.05, 0) is 30.2 Å². The van der Waals surface area contributed by atoms with E-state index in [1.165, 1.54) is 32.2 Å². The summed E-state index contributed by atoms with van der Waals surface area (Å²) in [6.07, 6.45) is 5.42. The fourth-order valence-electron chi connectivity index (χ4n) is 2.62. The van der Waals surface area contributed by atoms with Crippen LogP contribution in [0.5, 0.6) is 0 Å². The topological polar surface area (TPSA) is 12.0 Å². The van der Waals surface area contributed by atoms with E-state index in [0.29, 0.717) is 16.9 Å². The Morgan fingerprint density at radius 2 is 1.79 bits per heavy atom. The minimum atomic E-state index is 0.413. The lowest BCUT2D eigenvalue weighted by molar-refractivity contribution is 0.0969. The largest absolute Gasteiger partial charge is 0.313 e. The molecule has 0 aromatic heterocycles. The van der Waals surface area contributed by atoms with Crippen LogP contribution in [0.4, 0.5) is 0 Å². The minimum Gasteiger partial charge on any atom is -0.313 e. The van der Waals surface area contributed by atoms with Crippen molar-refractivity contribution < 1.29 is 0 Å². The third-order valence-corrected chi connectivity index (χ3v) is 4.23. The molecule has 1 aliphatic rings. The number of hydrogen-bond acceptors (Lipinski definition) is 1. The average molecular weight is 197 g/mol. The van der Waals surface area contributed by atoms with Gasteiger partial charge in [0.2, 0.25) is 0 Å². The van der Waals surface area contributed by atoms with Gasteiger partial charge >= 0.3 is 0 Å². The van der Waals surface area contributed by atoms with E-state index in [-0.39, 0.29) is 0 Å². The summed E-state index contributed by atoms with van der Waals surface area (Å²) in [6, 6.07) is 0.705. The summed E-state index contributed by atoms with van der Waals surface area (Å²) in [5.41, 5.74) is 1.04. The summed E-state index contributed by atoms with van der Waals surface area (Å²) < 4.78 is 0. The molecule has 0 bridgehead atoms. The second kappa shape index (κ2) is 4.22. The Morgan fingerprint density at radius 3 is 2.21 bits per heavy atom. The van der Waals surface area contributed by atoms with Gasteiger partial charge < -0.3 is 5.32 Å². The smallest absolute Gasteiger partial charge is 0.0121 e. The summed E-state index contributed by atoms with van der Waals surface area (Å²) in [5, 5.41) is 3.68. The third-order valence-electron chi connectivity index (χ3n) is 4.23. The standard InChI is InChI=1S/C13H27N/c1-6-13(7-2)8-9-14-11(10-13)12(3,4)5/h11,14H,6-10H2,1-5H3. The molecule has 1 saturated heterocycles. The first-order valence-electron chi connectivity index (χ1n) is 6.17. The molecule has 84 valence electrons. The second-order valence-corrected chi connectivity index (χ2v) is 6.03. The van der Waals surface area contributed by atoms with Crippen molar-refractivity contribution in [3.05, 3.63) is 0 Å². The van der Waals surface area contributed by atoms with E-state index in [0.717, 1.165) is 0 Å². The SMILES string of the molecule is CCC1(CC)CCNC(C(C)(C)C)C1. The summed E-state index contributed by atoms with van der Waals surface area (Å²) >= 11 is 0. The molecule has 0 spiro atoms. The van der Waals surface area contributed by atoms with Crippen LogP contribution in [0, 0.1) is 10.8 Å². The predicted octanol–water partition coefficient (Wildman–Crippen LogP) is 3.59. The van der Waals surface area contributed by atoms with Crippen molar-refractivity contribution in [1.82, 2.24) is 5.32 Å². The molecule has 1 nitrogen and oxygen atoms in total. The van der Waals surface area contributed by atoms with Crippen LogP contribution >= 0.6 is 0 Å². The van der Waals surface area contributed by atoms with E-state index in [4.69, 9.17) is 0 Å². The normalized spacial score (nSPS) is 27.6. The number of hydrogen-bond donors (Lipinski definition) is 1. The molecule has 1 heteroatoms. The van der Waals surface area contributed by atoms with Gasteiger partial charge in [0.1, 0.15) is 0 Å². The van der Waals surface area contributed by atoms with Crippen molar-refractivity contribution in [1.29, 1.82) is 0 Å².